The van der Waals surface area contributed by atoms with Gasteiger partial charge in [0.2, 0.25) is 0 Å². The van der Waals surface area contributed by atoms with Crippen molar-refractivity contribution in [3.63, 3.8) is 0 Å². The maximum absolute atomic E-state index is 14.3. The Morgan fingerprint density at radius 2 is 0.969 bits per heavy atom. The molecule has 3 aromatic carbocycles. The van der Waals surface area contributed by atoms with Crippen molar-refractivity contribution in [1.29, 1.82) is 0 Å². The van der Waals surface area contributed by atoms with Gasteiger partial charge in [-0.25, -0.2) is 0 Å². The molecule has 0 fully saturated rings. The van der Waals surface area contributed by atoms with Gasteiger partial charge >= 0.3 is 0 Å². The van der Waals surface area contributed by atoms with Gasteiger partial charge in [-0.2, -0.15) is 0 Å². The lowest BCUT2D eigenvalue weighted by atomic mass is 9.69. The van der Waals surface area contributed by atoms with Gasteiger partial charge in [0.25, 0.3) is 5.69 Å². The van der Waals surface area contributed by atoms with Crippen LogP contribution in [0.4, 0.5) is 5.69 Å². The number of nitrogens with zero attached hydrogens (tertiary/aromatic N) is 2. The third kappa shape index (κ3) is 14.5. The van der Waals surface area contributed by atoms with Crippen LogP contribution in [0.15, 0.2) is 47.5 Å². The molecule has 2 N–H and O–H groups in total. The monoisotopic (exact) mass is 885 g/mol. The molecule has 0 aliphatic carbocycles. The fourth-order valence-corrected chi connectivity index (χ4v) is 8.54. The smallest absolute Gasteiger partial charge is 0.270 e. The van der Waals surface area contributed by atoms with Crippen LogP contribution >= 0.6 is 0 Å². The number of aliphatic imine (C=N–C) groups is 1. The van der Waals surface area contributed by atoms with Crippen molar-refractivity contribution in [3.05, 3.63) is 91.5 Å². The van der Waals surface area contributed by atoms with Gasteiger partial charge in [0.1, 0.15) is 22.8 Å². The zero-order valence-corrected chi connectivity index (χ0v) is 43.1. The minimum Gasteiger partial charge on any atom is -0.507 e. The predicted octanol–water partition coefficient (Wildman–Crippen LogP) is 15.3. The zero-order valence-electron chi connectivity index (χ0n) is 43.1. The predicted molar refractivity (Wildman–Crippen MR) is 269 cm³/mol. The summed E-state index contributed by atoms with van der Waals surface area (Å²) in [6.45, 7) is 36.2. The first-order chi connectivity index (χ1) is 29.7. The highest BCUT2D eigenvalue weighted by Gasteiger charge is 2.46. The lowest BCUT2D eigenvalue weighted by Gasteiger charge is -2.41. The summed E-state index contributed by atoms with van der Waals surface area (Å²) in [4.78, 5) is 16.5. The minimum absolute atomic E-state index is 0.130. The summed E-state index contributed by atoms with van der Waals surface area (Å²) in [6, 6.07) is 11.7. The molecule has 1 atom stereocenters. The summed E-state index contributed by atoms with van der Waals surface area (Å²) in [5.41, 5.74) is 2.27. The number of rotatable bonds is 23. The highest BCUT2D eigenvalue weighted by atomic mass is 16.6. The Bertz CT molecular complexity index is 1820. The van der Waals surface area contributed by atoms with Crippen molar-refractivity contribution in [3.8, 4) is 17.2 Å². The molecule has 64 heavy (non-hydrogen) atoms. The number of non-ortho nitro benzene ring substituents is 1. The highest BCUT2D eigenvalue weighted by molar-refractivity contribution is 5.84. The first kappa shape index (κ1) is 54.4. The van der Waals surface area contributed by atoms with Crippen LogP contribution in [0.25, 0.3) is 0 Å². The number of phenolic OH excluding ortho intramolecular Hbond substituents is 1. The Hall–Kier alpha value is -3.91. The third-order valence-corrected chi connectivity index (χ3v) is 12.4. The maximum Gasteiger partial charge on any atom is 0.270 e. The van der Waals surface area contributed by atoms with E-state index in [9.17, 15) is 20.3 Å². The molecule has 0 radical (unpaired) electrons. The average Bonchev–Trinajstić information content (AvgIpc) is 3.18. The van der Waals surface area contributed by atoms with Gasteiger partial charge in [-0.1, -0.05) is 175 Å². The molecule has 3 rings (SSSR count). The van der Waals surface area contributed by atoms with Crippen molar-refractivity contribution < 1.29 is 24.6 Å². The topological polar surface area (TPSA) is 114 Å². The number of hydrogen-bond acceptors (Lipinski definition) is 7. The van der Waals surface area contributed by atoms with E-state index >= 15 is 0 Å². The summed E-state index contributed by atoms with van der Waals surface area (Å²) < 4.78 is 13.7. The van der Waals surface area contributed by atoms with Gasteiger partial charge in [0.05, 0.1) is 24.2 Å². The number of aliphatic hydroxyl groups is 1. The SMILES string of the molecule is CCCCCCCCOc1c(C(C)(C)C)cc(C(O)(c2cc(C(C)(C)C)c(OCCCCCCCC)c(C(C)(C)C)c2)C(N=Cc2cc([N+](=O)[O-])ccc2O)C(C)C)cc1C(C)(C)C. The number of hydrogen-bond donors (Lipinski definition) is 2. The number of phenols is 1. The van der Waals surface area contributed by atoms with Crippen LogP contribution in [0.3, 0.4) is 0 Å². The van der Waals surface area contributed by atoms with Crippen LogP contribution in [0.1, 0.15) is 227 Å². The van der Waals surface area contributed by atoms with E-state index in [1.165, 1.54) is 75.8 Å². The van der Waals surface area contributed by atoms with E-state index in [4.69, 9.17) is 14.5 Å². The van der Waals surface area contributed by atoms with Crippen LogP contribution in [0.2, 0.25) is 0 Å². The fraction of sp³-hybridized carbons (Fsp3) is 0.661. The molecule has 0 aliphatic heterocycles. The zero-order chi connectivity index (χ0) is 48.3. The van der Waals surface area contributed by atoms with Gasteiger partial charge in [0, 0.05) is 46.2 Å². The summed E-state index contributed by atoms with van der Waals surface area (Å²) >= 11 is 0. The van der Waals surface area contributed by atoms with Gasteiger partial charge in [-0.3, -0.25) is 15.1 Å². The van der Waals surface area contributed by atoms with Crippen LogP contribution in [-0.2, 0) is 27.3 Å². The summed E-state index contributed by atoms with van der Waals surface area (Å²) in [7, 11) is 0. The van der Waals surface area contributed by atoms with E-state index in [0.717, 1.165) is 59.4 Å². The van der Waals surface area contributed by atoms with E-state index < -0.39 is 16.6 Å². The molecular weight excluding hydrogens is 797 g/mol. The Balaban J connectivity index is 2.50. The second-order valence-electron chi connectivity index (χ2n) is 22.8. The Morgan fingerprint density at radius 3 is 1.30 bits per heavy atom. The maximum atomic E-state index is 14.3. The summed E-state index contributed by atoms with van der Waals surface area (Å²) in [5.74, 6) is 1.38. The molecule has 0 spiro atoms. The van der Waals surface area contributed by atoms with Crippen molar-refractivity contribution in [2.75, 3.05) is 13.2 Å². The molecule has 0 heterocycles. The second-order valence-corrected chi connectivity index (χ2v) is 22.8. The van der Waals surface area contributed by atoms with Crippen molar-refractivity contribution in [2.24, 2.45) is 10.9 Å². The van der Waals surface area contributed by atoms with Crippen LogP contribution in [-0.4, -0.2) is 40.6 Å². The number of nitro benzene ring substituents is 1. The Morgan fingerprint density at radius 1 is 0.609 bits per heavy atom. The van der Waals surface area contributed by atoms with E-state index in [0.29, 0.717) is 24.3 Å². The molecule has 0 aromatic heterocycles. The quantitative estimate of drug-likeness (QED) is 0.0424. The molecule has 3 aromatic rings. The molecule has 0 bridgehead atoms. The number of benzene rings is 3. The lowest BCUT2D eigenvalue weighted by Crippen LogP contribution is -2.44. The molecule has 0 saturated carbocycles. The van der Waals surface area contributed by atoms with Crippen molar-refractivity contribution in [2.45, 2.75) is 221 Å². The average molecular weight is 885 g/mol. The molecular formula is C56H88N2O6. The number of nitro groups is 1. The Labute approximate surface area is 389 Å². The van der Waals surface area contributed by atoms with Crippen molar-refractivity contribution in [1.82, 2.24) is 0 Å². The van der Waals surface area contributed by atoms with E-state index in [-0.39, 0.29) is 44.6 Å². The summed E-state index contributed by atoms with van der Waals surface area (Å²) in [5, 5.41) is 37.1. The minimum atomic E-state index is -1.74. The molecule has 8 nitrogen and oxygen atoms in total. The van der Waals surface area contributed by atoms with Gasteiger partial charge in [-0.15, -0.1) is 0 Å². The number of ether oxygens (including phenoxy) is 2. The van der Waals surface area contributed by atoms with Gasteiger partial charge < -0.3 is 19.7 Å². The van der Waals surface area contributed by atoms with Crippen LogP contribution < -0.4 is 9.47 Å². The lowest BCUT2D eigenvalue weighted by molar-refractivity contribution is -0.384. The third-order valence-electron chi connectivity index (χ3n) is 12.4. The van der Waals surface area contributed by atoms with Gasteiger partial charge in [0.15, 0.2) is 0 Å². The van der Waals surface area contributed by atoms with Crippen LogP contribution in [0, 0.1) is 16.0 Å². The number of aromatic hydroxyl groups is 1. The molecule has 358 valence electrons. The molecule has 0 aliphatic rings. The first-order valence-electron chi connectivity index (χ1n) is 24.6. The molecule has 1 unspecified atom stereocenters. The van der Waals surface area contributed by atoms with Crippen molar-refractivity contribution >= 4 is 11.9 Å². The van der Waals surface area contributed by atoms with E-state index in [1.807, 2.05) is 13.8 Å². The largest absolute Gasteiger partial charge is 0.507 e. The molecule has 0 amide bonds. The Kier molecular flexibility index (Phi) is 19.6. The fourth-order valence-electron chi connectivity index (χ4n) is 8.54. The number of unbranched alkanes of at least 4 members (excludes halogenated alkanes) is 10. The van der Waals surface area contributed by atoms with E-state index in [2.05, 4.69) is 121 Å². The van der Waals surface area contributed by atoms with Gasteiger partial charge in [-0.05, 0) is 81.9 Å². The van der Waals surface area contributed by atoms with Crippen LogP contribution in [0.5, 0.6) is 17.2 Å². The highest BCUT2D eigenvalue weighted by Crippen LogP contribution is 2.50. The molecule has 8 heteroatoms. The molecule has 0 saturated heterocycles. The summed E-state index contributed by atoms with van der Waals surface area (Å²) in [6.07, 6.45) is 15.5. The second kappa shape index (κ2) is 23.0. The standard InChI is InChI=1S/C56H88N2O6/c1-17-19-21-23-25-27-31-63-49-44(52(5,6)7)34-41(35-45(49)53(8,9)10)56(60,51(39(3)4)57-38-40-33-43(58(61)62)29-30-48(40)59)42-36-46(54(11,12)13)50(47(37-42)55(14,15)16)64-32-28-26-24-22-20-18-2/h29-30,33-39,51,59-60H,17-28,31-32H2,1-16H3. The normalized spacial score (nSPS) is 13.5. The van der Waals surface area contributed by atoms with E-state index in [1.54, 1.807) is 0 Å². The first-order valence-corrected chi connectivity index (χ1v) is 24.6.